The third-order valence-electron chi connectivity index (χ3n) is 10.8. The molecule has 70 heavy (non-hydrogen) atoms. The van der Waals surface area contributed by atoms with Gasteiger partial charge in [-0.05, 0) is 87.9 Å². The average molecular weight is 1050 g/mol. The van der Waals surface area contributed by atoms with Crippen LogP contribution in [0, 0.1) is 0 Å². The van der Waals surface area contributed by atoms with Crippen LogP contribution in [0.15, 0.2) is 80.2 Å². The van der Waals surface area contributed by atoms with E-state index in [2.05, 4.69) is 149 Å². The van der Waals surface area contributed by atoms with Crippen LogP contribution in [-0.2, 0) is 32.5 Å². The molecule has 12 heteroatoms. The molecule has 0 saturated carbocycles. The van der Waals surface area contributed by atoms with Gasteiger partial charge >= 0.3 is 0 Å². The number of aromatic hydroxyl groups is 4. The smallest absolute Gasteiger partial charge is 0.129 e. The summed E-state index contributed by atoms with van der Waals surface area (Å²) >= 11 is 6.36. The van der Waals surface area contributed by atoms with Crippen molar-refractivity contribution in [1.82, 2.24) is 0 Å². The number of aliphatic hydroxyl groups is 4. The molecule has 0 heterocycles. The Hall–Kier alpha value is -2.68. The highest BCUT2D eigenvalue weighted by Gasteiger charge is 2.29. The van der Waals surface area contributed by atoms with Gasteiger partial charge in [-0.1, -0.05) is 144 Å². The Labute approximate surface area is 441 Å². The van der Waals surface area contributed by atoms with Crippen molar-refractivity contribution < 1.29 is 40.9 Å². The maximum absolute atomic E-state index is 10.6. The molecule has 0 amide bonds. The minimum absolute atomic E-state index is 0.0974. The van der Waals surface area contributed by atoms with E-state index in [0.717, 1.165) is 53.0 Å². The lowest BCUT2D eigenvalue weighted by Crippen LogP contribution is -2.17. The Bertz CT molecular complexity index is 2110. The van der Waals surface area contributed by atoms with Crippen LogP contribution in [0.1, 0.15) is 172 Å². The van der Waals surface area contributed by atoms with Crippen molar-refractivity contribution in [3.05, 3.63) is 94.0 Å². The minimum Gasteiger partial charge on any atom is -0.507 e. The summed E-state index contributed by atoms with van der Waals surface area (Å²) in [6.07, 6.45) is -0.329. The summed E-state index contributed by atoms with van der Waals surface area (Å²) in [6, 6.07) is 19.4. The van der Waals surface area contributed by atoms with E-state index in [1.165, 1.54) is 11.8 Å². The molecule has 4 rings (SSSR count). The van der Waals surface area contributed by atoms with Crippen molar-refractivity contribution in [2.24, 2.45) is 0 Å². The van der Waals surface area contributed by atoms with Gasteiger partial charge in [-0.2, -0.15) is 0 Å². The summed E-state index contributed by atoms with van der Waals surface area (Å²) in [5.74, 6) is 3.48. The highest BCUT2D eigenvalue weighted by Crippen LogP contribution is 2.45. The summed E-state index contributed by atoms with van der Waals surface area (Å²) in [7, 11) is 0. The van der Waals surface area contributed by atoms with E-state index < -0.39 is 0 Å². The van der Waals surface area contributed by atoms with Crippen LogP contribution < -0.4 is 0 Å². The highest BCUT2D eigenvalue weighted by atomic mass is 32.2. The van der Waals surface area contributed by atoms with Gasteiger partial charge in [0, 0.05) is 75.5 Å². The molecule has 0 saturated heterocycles. The molecule has 8 N–H and O–H groups in total. The topological polar surface area (TPSA) is 162 Å². The fourth-order valence-electron chi connectivity index (χ4n) is 6.87. The summed E-state index contributed by atoms with van der Waals surface area (Å²) in [4.78, 5) is 4.15. The molecule has 0 aliphatic rings. The number of phenols is 4. The van der Waals surface area contributed by atoms with Gasteiger partial charge in [-0.15, -0.1) is 47.0 Å². The van der Waals surface area contributed by atoms with Crippen LogP contribution in [0.4, 0.5) is 0 Å². The average Bonchev–Trinajstić information content (AvgIpc) is 3.21. The second kappa shape index (κ2) is 27.6. The Morgan fingerprint density at radius 1 is 0.429 bits per heavy atom. The third kappa shape index (κ3) is 21.8. The fourth-order valence-corrected chi connectivity index (χ4v) is 10.1. The molecular formula is C58H92O8S4. The number of thioether (sulfide) groups is 4. The van der Waals surface area contributed by atoms with Gasteiger partial charge in [0.25, 0.3) is 0 Å². The van der Waals surface area contributed by atoms with E-state index in [0.29, 0.717) is 34.5 Å². The van der Waals surface area contributed by atoms with E-state index >= 15 is 0 Å². The lowest BCUT2D eigenvalue weighted by Gasteiger charge is -2.28. The van der Waals surface area contributed by atoms with Gasteiger partial charge in [-0.25, -0.2) is 0 Å². The number of phenolic OH excluding ortho intramolecular Hbond substituents is 4. The van der Waals surface area contributed by atoms with Crippen LogP contribution in [0.5, 0.6) is 23.0 Å². The van der Waals surface area contributed by atoms with Gasteiger partial charge < -0.3 is 40.9 Å². The molecule has 0 radical (unpaired) electrons. The lowest BCUT2D eigenvalue weighted by atomic mass is 9.79. The molecule has 2 unspecified atom stereocenters. The quantitative estimate of drug-likeness (QED) is 0.0635. The SMILES string of the molecule is CC(C)(C)c1cc(SCCO)cc(C(C)(C)C)c1O.CC(CO)Sc1cc(C(C)(C)C)c(O)c(C(C)(C)C)c1.CC(O)CSc1cc(C(C)(C)C)c(O)c(C(C)(C)C)c1.OCCSc1ccccc1O. The molecule has 0 aliphatic heterocycles. The monoisotopic (exact) mass is 1040 g/mol. The van der Waals surface area contributed by atoms with Crippen LogP contribution >= 0.6 is 47.0 Å². The number of hydrogen-bond donors (Lipinski definition) is 8. The molecule has 0 aromatic heterocycles. The van der Waals surface area contributed by atoms with Crippen molar-refractivity contribution in [2.75, 3.05) is 37.1 Å². The molecule has 4 aromatic carbocycles. The first-order valence-electron chi connectivity index (χ1n) is 24.3. The van der Waals surface area contributed by atoms with E-state index in [1.54, 1.807) is 54.3 Å². The third-order valence-corrected chi connectivity index (χ3v) is 15.0. The zero-order chi connectivity index (χ0) is 54.4. The van der Waals surface area contributed by atoms with Crippen molar-refractivity contribution in [2.45, 2.75) is 202 Å². The molecule has 8 nitrogen and oxygen atoms in total. The standard InChI is InChI=1S/2C17H28O2S.C16H26O2S.C8H10O2S/c1-11(18)10-20-12-8-13(16(2,3)4)15(19)14(9-12)17(5,6)7;1-11(10-18)20-12-8-13(16(2,3)4)15(19)14(9-12)17(5,6)7;1-15(2,3)12-9-11(19-8-7-17)10-13(14(12)18)16(4,5)6;9-5-6-11-8-4-2-1-3-7(8)10/h2*8-9,11,18-19H,10H2,1-7H3;9-10,17-18H,7-8H2,1-6H3;1-4,9-10H,5-6H2. The Balaban J connectivity index is 0.000000476. The Kier molecular flexibility index (Phi) is 25.7. The van der Waals surface area contributed by atoms with Crippen molar-refractivity contribution >= 4 is 47.0 Å². The van der Waals surface area contributed by atoms with Gasteiger partial charge in [0.15, 0.2) is 0 Å². The maximum Gasteiger partial charge on any atom is 0.129 e. The lowest BCUT2D eigenvalue weighted by molar-refractivity contribution is 0.220. The van der Waals surface area contributed by atoms with E-state index in [9.17, 15) is 30.6 Å². The second-order valence-electron chi connectivity index (χ2n) is 24.0. The molecule has 0 aliphatic carbocycles. The first kappa shape index (κ1) is 65.3. The predicted octanol–water partition coefficient (Wildman–Crippen LogP) is 14.5. The Morgan fingerprint density at radius 2 is 0.729 bits per heavy atom. The normalized spacial score (nSPS) is 13.3. The summed E-state index contributed by atoms with van der Waals surface area (Å²) in [6.45, 7) is 42.2. The summed E-state index contributed by atoms with van der Waals surface area (Å²) in [5.41, 5.74) is 5.20. The first-order valence-corrected chi connectivity index (χ1v) is 28.1. The summed E-state index contributed by atoms with van der Waals surface area (Å²) < 4.78 is 0. The maximum atomic E-state index is 10.6. The molecule has 0 fully saturated rings. The molecule has 2 atom stereocenters. The zero-order valence-electron chi connectivity index (χ0n) is 46.4. The number of rotatable bonds is 12. The first-order chi connectivity index (χ1) is 31.8. The fraction of sp³-hybridized carbons (Fsp3) is 0.586. The molecule has 4 aromatic rings. The summed E-state index contributed by atoms with van der Waals surface area (Å²) in [5, 5.41) is 77.3. The van der Waals surface area contributed by atoms with E-state index in [-0.39, 0.29) is 69.4 Å². The van der Waals surface area contributed by atoms with Crippen molar-refractivity contribution in [3.8, 4) is 23.0 Å². The molecule has 0 bridgehead atoms. The largest absolute Gasteiger partial charge is 0.507 e. The number of para-hydroxylation sites is 1. The molecular weight excluding hydrogens is 953 g/mol. The number of hydrogen-bond acceptors (Lipinski definition) is 12. The Morgan fingerprint density at radius 3 is 1.01 bits per heavy atom. The predicted molar refractivity (Wildman–Crippen MR) is 305 cm³/mol. The van der Waals surface area contributed by atoms with Crippen LogP contribution in [-0.4, -0.2) is 89.3 Å². The van der Waals surface area contributed by atoms with E-state index in [1.807, 2.05) is 31.2 Å². The van der Waals surface area contributed by atoms with Crippen molar-refractivity contribution in [1.29, 1.82) is 0 Å². The van der Waals surface area contributed by atoms with Gasteiger partial charge in [-0.3, -0.25) is 0 Å². The van der Waals surface area contributed by atoms with E-state index in [4.69, 9.17) is 10.2 Å². The van der Waals surface area contributed by atoms with Gasteiger partial charge in [0.2, 0.25) is 0 Å². The van der Waals surface area contributed by atoms with Gasteiger partial charge in [0.1, 0.15) is 23.0 Å². The van der Waals surface area contributed by atoms with Crippen molar-refractivity contribution in [3.63, 3.8) is 0 Å². The zero-order valence-corrected chi connectivity index (χ0v) is 49.6. The molecule has 0 spiro atoms. The molecule has 396 valence electrons. The second-order valence-corrected chi connectivity index (χ2v) is 28.9. The van der Waals surface area contributed by atoms with Crippen LogP contribution in [0.2, 0.25) is 0 Å². The van der Waals surface area contributed by atoms with Crippen LogP contribution in [0.25, 0.3) is 0 Å². The number of benzene rings is 4. The highest BCUT2D eigenvalue weighted by molar-refractivity contribution is 8.00. The minimum atomic E-state index is -0.329. The van der Waals surface area contributed by atoms with Gasteiger partial charge in [0.05, 0.1) is 25.9 Å². The van der Waals surface area contributed by atoms with Crippen LogP contribution in [0.3, 0.4) is 0 Å². The number of aliphatic hydroxyl groups excluding tert-OH is 4.